The number of aromatic nitrogens is 2. The first kappa shape index (κ1) is 16.2. The van der Waals surface area contributed by atoms with E-state index in [2.05, 4.69) is 53.4 Å². The summed E-state index contributed by atoms with van der Waals surface area (Å²) in [6, 6.07) is 4.13. The first-order valence-corrected chi connectivity index (χ1v) is 7.97. The van der Waals surface area contributed by atoms with Gasteiger partial charge in [0.1, 0.15) is 0 Å². The van der Waals surface area contributed by atoms with Crippen LogP contribution in [0.3, 0.4) is 0 Å². The number of hydrogen-bond acceptors (Lipinski definition) is 5. The molecule has 0 amide bonds. The molecule has 0 aliphatic carbocycles. The van der Waals surface area contributed by atoms with Crippen molar-refractivity contribution in [3.05, 3.63) is 17.8 Å². The second kappa shape index (κ2) is 8.29. The molecule has 2 heterocycles. The van der Waals surface area contributed by atoms with E-state index in [0.717, 1.165) is 57.2 Å². The van der Waals surface area contributed by atoms with Crippen molar-refractivity contribution in [2.24, 2.45) is 11.8 Å². The van der Waals surface area contributed by atoms with Crippen LogP contribution in [0, 0.1) is 11.8 Å². The van der Waals surface area contributed by atoms with Gasteiger partial charge in [-0.25, -0.2) is 0 Å². The second-order valence-corrected chi connectivity index (χ2v) is 6.34. The van der Waals surface area contributed by atoms with Crippen molar-refractivity contribution in [2.45, 2.75) is 33.2 Å². The van der Waals surface area contributed by atoms with Crippen LogP contribution in [0.25, 0.3) is 0 Å². The molecule has 0 radical (unpaired) electrons. The van der Waals surface area contributed by atoms with E-state index in [1.807, 2.05) is 0 Å². The van der Waals surface area contributed by atoms with E-state index in [1.54, 1.807) is 0 Å². The Morgan fingerprint density at radius 1 is 1.29 bits per heavy atom. The highest BCUT2D eigenvalue weighted by atomic mass is 16.5. The van der Waals surface area contributed by atoms with E-state index in [-0.39, 0.29) is 0 Å². The van der Waals surface area contributed by atoms with E-state index < -0.39 is 0 Å². The fraction of sp³-hybridized carbons (Fsp3) is 0.750. The Labute approximate surface area is 128 Å². The Balaban J connectivity index is 1.80. The third-order valence-corrected chi connectivity index (χ3v) is 3.83. The lowest BCUT2D eigenvalue weighted by Crippen LogP contribution is -2.30. The van der Waals surface area contributed by atoms with Crippen LogP contribution in [0.4, 0.5) is 5.82 Å². The van der Waals surface area contributed by atoms with Gasteiger partial charge < -0.3 is 15.0 Å². The molecule has 0 bridgehead atoms. The van der Waals surface area contributed by atoms with Crippen LogP contribution in [0.2, 0.25) is 0 Å². The zero-order chi connectivity index (χ0) is 15.1. The standard InChI is InChI=1S/C16H28N4O/c1-13(2)10-17-11-15-4-5-16(19-18-15)20(3)12-14-6-8-21-9-7-14/h4-5,13-14,17H,6-12H2,1-3H3. The lowest BCUT2D eigenvalue weighted by atomic mass is 10.00. The predicted octanol–water partition coefficient (Wildman–Crippen LogP) is 2.08. The summed E-state index contributed by atoms with van der Waals surface area (Å²) in [5.41, 5.74) is 0.999. The molecular formula is C16H28N4O. The quantitative estimate of drug-likeness (QED) is 0.834. The summed E-state index contributed by atoms with van der Waals surface area (Å²) in [5.74, 6) is 2.31. The molecule has 1 saturated heterocycles. The van der Waals surface area contributed by atoms with Gasteiger partial charge in [-0.15, -0.1) is 5.10 Å². The van der Waals surface area contributed by atoms with Crippen molar-refractivity contribution < 1.29 is 4.74 Å². The molecule has 5 nitrogen and oxygen atoms in total. The molecule has 0 saturated carbocycles. The van der Waals surface area contributed by atoms with Crippen LogP contribution < -0.4 is 10.2 Å². The van der Waals surface area contributed by atoms with E-state index in [1.165, 1.54) is 0 Å². The molecule has 5 heteroatoms. The largest absolute Gasteiger partial charge is 0.381 e. The van der Waals surface area contributed by atoms with E-state index in [0.29, 0.717) is 11.8 Å². The first-order chi connectivity index (χ1) is 10.1. The summed E-state index contributed by atoms with van der Waals surface area (Å²) in [5, 5.41) is 12.0. The smallest absolute Gasteiger partial charge is 0.150 e. The van der Waals surface area contributed by atoms with Crippen LogP contribution in [-0.2, 0) is 11.3 Å². The molecule has 0 spiro atoms. The van der Waals surface area contributed by atoms with Gasteiger partial charge in [-0.2, -0.15) is 5.10 Å². The van der Waals surface area contributed by atoms with Gasteiger partial charge in [0.15, 0.2) is 5.82 Å². The normalized spacial score (nSPS) is 16.4. The Bertz CT molecular complexity index is 401. The van der Waals surface area contributed by atoms with Gasteiger partial charge in [-0.3, -0.25) is 0 Å². The maximum atomic E-state index is 5.40. The first-order valence-electron chi connectivity index (χ1n) is 7.97. The number of nitrogens with zero attached hydrogens (tertiary/aromatic N) is 3. The number of ether oxygens (including phenoxy) is 1. The zero-order valence-electron chi connectivity index (χ0n) is 13.5. The van der Waals surface area contributed by atoms with Crippen LogP contribution >= 0.6 is 0 Å². The Morgan fingerprint density at radius 2 is 2.05 bits per heavy atom. The minimum atomic E-state index is 0.655. The summed E-state index contributed by atoms with van der Waals surface area (Å²) in [4.78, 5) is 2.20. The maximum Gasteiger partial charge on any atom is 0.150 e. The fourth-order valence-electron chi connectivity index (χ4n) is 2.55. The number of nitrogens with one attached hydrogen (secondary N) is 1. The van der Waals surface area contributed by atoms with Crippen molar-refractivity contribution in [3.63, 3.8) is 0 Å². The molecule has 1 N–H and O–H groups in total. The van der Waals surface area contributed by atoms with E-state index in [9.17, 15) is 0 Å². The highest BCUT2D eigenvalue weighted by molar-refractivity contribution is 5.36. The molecule has 1 aromatic heterocycles. The van der Waals surface area contributed by atoms with Gasteiger partial charge in [0, 0.05) is 33.4 Å². The van der Waals surface area contributed by atoms with Crippen molar-refractivity contribution in [2.75, 3.05) is 38.3 Å². The lowest BCUT2D eigenvalue weighted by molar-refractivity contribution is 0.0685. The third-order valence-electron chi connectivity index (χ3n) is 3.83. The summed E-state index contributed by atoms with van der Waals surface area (Å²) in [6.07, 6.45) is 2.30. The monoisotopic (exact) mass is 292 g/mol. The van der Waals surface area contributed by atoms with Crippen molar-refractivity contribution in [1.82, 2.24) is 15.5 Å². The van der Waals surface area contributed by atoms with Gasteiger partial charge in [0.2, 0.25) is 0 Å². The van der Waals surface area contributed by atoms with Crippen LogP contribution in [0.15, 0.2) is 12.1 Å². The average Bonchev–Trinajstić information content (AvgIpc) is 2.48. The summed E-state index contributed by atoms with van der Waals surface area (Å²) in [6.45, 7) is 9.01. The minimum absolute atomic E-state index is 0.655. The third kappa shape index (κ3) is 5.59. The highest BCUT2D eigenvalue weighted by Crippen LogP contribution is 2.18. The topological polar surface area (TPSA) is 50.3 Å². The molecule has 118 valence electrons. The maximum absolute atomic E-state index is 5.40. The molecule has 1 aliphatic heterocycles. The van der Waals surface area contributed by atoms with Crippen LogP contribution in [-0.4, -0.2) is 43.5 Å². The molecule has 0 atom stereocenters. The molecule has 1 aromatic rings. The number of rotatable bonds is 7. The molecule has 1 fully saturated rings. The van der Waals surface area contributed by atoms with Gasteiger partial charge >= 0.3 is 0 Å². The highest BCUT2D eigenvalue weighted by Gasteiger charge is 2.16. The Morgan fingerprint density at radius 3 is 2.67 bits per heavy atom. The Kier molecular flexibility index (Phi) is 6.39. The van der Waals surface area contributed by atoms with Gasteiger partial charge in [0.25, 0.3) is 0 Å². The fourth-order valence-corrected chi connectivity index (χ4v) is 2.55. The SMILES string of the molecule is CC(C)CNCc1ccc(N(C)CC2CCOCC2)nn1. The van der Waals surface area contributed by atoms with Crippen LogP contribution in [0.1, 0.15) is 32.4 Å². The molecule has 21 heavy (non-hydrogen) atoms. The summed E-state index contributed by atoms with van der Waals surface area (Å²) in [7, 11) is 2.09. The Hall–Kier alpha value is -1.20. The molecular weight excluding hydrogens is 264 g/mol. The second-order valence-electron chi connectivity index (χ2n) is 6.34. The zero-order valence-corrected chi connectivity index (χ0v) is 13.5. The van der Waals surface area contributed by atoms with Gasteiger partial charge in [-0.05, 0) is 43.4 Å². The van der Waals surface area contributed by atoms with Crippen molar-refractivity contribution in [1.29, 1.82) is 0 Å². The number of hydrogen-bond donors (Lipinski definition) is 1. The molecule has 2 rings (SSSR count). The lowest BCUT2D eigenvalue weighted by Gasteiger charge is -2.27. The number of anilines is 1. The van der Waals surface area contributed by atoms with Gasteiger partial charge in [0.05, 0.1) is 5.69 Å². The van der Waals surface area contributed by atoms with Crippen molar-refractivity contribution >= 4 is 5.82 Å². The average molecular weight is 292 g/mol. The van der Waals surface area contributed by atoms with E-state index >= 15 is 0 Å². The molecule has 1 aliphatic rings. The molecule has 0 aromatic carbocycles. The summed E-state index contributed by atoms with van der Waals surface area (Å²) < 4.78 is 5.40. The van der Waals surface area contributed by atoms with E-state index in [4.69, 9.17) is 4.74 Å². The molecule has 0 unspecified atom stereocenters. The van der Waals surface area contributed by atoms with Gasteiger partial charge in [-0.1, -0.05) is 13.8 Å². The van der Waals surface area contributed by atoms with Crippen molar-refractivity contribution in [3.8, 4) is 0 Å². The summed E-state index contributed by atoms with van der Waals surface area (Å²) >= 11 is 0. The van der Waals surface area contributed by atoms with Crippen LogP contribution in [0.5, 0.6) is 0 Å². The predicted molar refractivity (Wildman–Crippen MR) is 85.4 cm³/mol. The minimum Gasteiger partial charge on any atom is -0.381 e.